The Hall–Kier alpha value is -1.31. The summed E-state index contributed by atoms with van der Waals surface area (Å²) in [6.45, 7) is 0.785. The molecule has 0 aliphatic carbocycles. The van der Waals surface area contributed by atoms with E-state index in [1.54, 1.807) is 6.40 Å². The van der Waals surface area contributed by atoms with Crippen molar-refractivity contribution in [3.05, 3.63) is 35.9 Å². The lowest BCUT2D eigenvalue weighted by Gasteiger charge is -1.99. The quantitative estimate of drug-likeness (QED) is 0.300. The number of hydrogen-bond donors (Lipinski definition) is 0. The van der Waals surface area contributed by atoms with E-state index in [1.807, 2.05) is 24.7 Å². The molecule has 0 aliphatic heterocycles. The van der Waals surface area contributed by atoms with Crippen LogP contribution in [0.5, 0.6) is 0 Å². The minimum atomic E-state index is 0.785. The SMILES string of the molecule is C[N+](C)=COCCCc1ccccc1. The lowest BCUT2D eigenvalue weighted by Crippen LogP contribution is -2.04. The van der Waals surface area contributed by atoms with Crippen molar-refractivity contribution in [3.8, 4) is 0 Å². The smallest absolute Gasteiger partial charge is 0.323 e. The van der Waals surface area contributed by atoms with E-state index in [1.165, 1.54) is 5.56 Å². The first-order valence-electron chi connectivity index (χ1n) is 4.94. The van der Waals surface area contributed by atoms with Crippen molar-refractivity contribution in [2.75, 3.05) is 20.7 Å². The molecule has 0 saturated carbocycles. The zero-order valence-corrected chi connectivity index (χ0v) is 8.94. The van der Waals surface area contributed by atoms with Crippen molar-refractivity contribution < 1.29 is 9.31 Å². The molecule has 0 spiro atoms. The molecule has 0 fully saturated rings. The van der Waals surface area contributed by atoms with E-state index < -0.39 is 0 Å². The molecule has 0 aliphatic rings. The summed E-state index contributed by atoms with van der Waals surface area (Å²) < 4.78 is 7.22. The fourth-order valence-electron chi connectivity index (χ4n) is 1.21. The molecule has 0 radical (unpaired) electrons. The minimum Gasteiger partial charge on any atom is -0.450 e. The predicted molar refractivity (Wildman–Crippen MR) is 58.9 cm³/mol. The molecule has 0 unspecified atom stereocenters. The molecule has 14 heavy (non-hydrogen) atoms. The highest BCUT2D eigenvalue weighted by Gasteiger charge is 1.92. The van der Waals surface area contributed by atoms with Gasteiger partial charge in [0.2, 0.25) is 0 Å². The lowest BCUT2D eigenvalue weighted by molar-refractivity contribution is -0.468. The third-order valence-corrected chi connectivity index (χ3v) is 1.86. The first-order chi connectivity index (χ1) is 6.79. The van der Waals surface area contributed by atoms with Crippen molar-refractivity contribution in [1.29, 1.82) is 0 Å². The van der Waals surface area contributed by atoms with Gasteiger partial charge in [-0.3, -0.25) is 0 Å². The maximum absolute atomic E-state index is 5.32. The molecule has 0 aromatic heterocycles. The van der Waals surface area contributed by atoms with Gasteiger partial charge in [-0.2, -0.15) is 0 Å². The maximum Gasteiger partial charge on any atom is 0.323 e. The highest BCUT2D eigenvalue weighted by atomic mass is 16.5. The van der Waals surface area contributed by atoms with Crippen molar-refractivity contribution >= 4 is 6.40 Å². The van der Waals surface area contributed by atoms with Gasteiger partial charge in [-0.1, -0.05) is 30.3 Å². The predicted octanol–water partition coefficient (Wildman–Crippen LogP) is 1.94. The average molecular weight is 192 g/mol. The lowest BCUT2D eigenvalue weighted by atomic mass is 10.1. The largest absolute Gasteiger partial charge is 0.450 e. The van der Waals surface area contributed by atoms with Crippen molar-refractivity contribution in [3.63, 3.8) is 0 Å². The molecule has 76 valence electrons. The summed E-state index contributed by atoms with van der Waals surface area (Å²) in [7, 11) is 3.91. The topological polar surface area (TPSA) is 12.2 Å². The van der Waals surface area contributed by atoms with Gasteiger partial charge in [0.15, 0.2) is 0 Å². The summed E-state index contributed by atoms with van der Waals surface area (Å²) in [5.74, 6) is 0. The van der Waals surface area contributed by atoms with Crippen molar-refractivity contribution in [2.45, 2.75) is 12.8 Å². The molecule has 0 heterocycles. The van der Waals surface area contributed by atoms with Crippen LogP contribution in [0.3, 0.4) is 0 Å². The van der Waals surface area contributed by atoms with Crippen LogP contribution in [0, 0.1) is 0 Å². The monoisotopic (exact) mass is 192 g/mol. The van der Waals surface area contributed by atoms with Gasteiger partial charge in [0.25, 0.3) is 0 Å². The Morgan fingerprint density at radius 3 is 2.57 bits per heavy atom. The third-order valence-electron chi connectivity index (χ3n) is 1.86. The molecule has 0 amide bonds. The second kappa shape index (κ2) is 6.19. The van der Waals surface area contributed by atoms with Crippen LogP contribution >= 0.6 is 0 Å². The van der Waals surface area contributed by atoms with Crippen LogP contribution in [0.1, 0.15) is 12.0 Å². The summed E-state index contributed by atoms with van der Waals surface area (Å²) in [4.78, 5) is 0. The van der Waals surface area contributed by atoms with Gasteiger partial charge in [-0.15, -0.1) is 0 Å². The van der Waals surface area contributed by atoms with Crippen LogP contribution in [-0.2, 0) is 11.2 Å². The molecule has 0 saturated heterocycles. The van der Waals surface area contributed by atoms with Gasteiger partial charge in [-0.25, -0.2) is 4.58 Å². The summed E-state index contributed by atoms with van der Waals surface area (Å²) in [5.41, 5.74) is 1.38. The molecule has 0 atom stereocenters. The maximum atomic E-state index is 5.32. The van der Waals surface area contributed by atoms with Crippen molar-refractivity contribution in [1.82, 2.24) is 0 Å². The fourth-order valence-corrected chi connectivity index (χ4v) is 1.21. The molecule has 2 nitrogen and oxygen atoms in total. The first kappa shape index (κ1) is 10.8. The van der Waals surface area contributed by atoms with Crippen LogP contribution in [0.25, 0.3) is 0 Å². The zero-order valence-electron chi connectivity index (χ0n) is 8.94. The van der Waals surface area contributed by atoms with Crippen LogP contribution in [-0.4, -0.2) is 31.7 Å². The normalized spacial score (nSPS) is 9.57. The van der Waals surface area contributed by atoms with Gasteiger partial charge in [0.05, 0.1) is 6.61 Å². The highest BCUT2D eigenvalue weighted by molar-refractivity contribution is 5.38. The van der Waals surface area contributed by atoms with Gasteiger partial charge >= 0.3 is 6.40 Å². The summed E-state index contributed by atoms with van der Waals surface area (Å²) >= 11 is 0. The van der Waals surface area contributed by atoms with Crippen molar-refractivity contribution in [2.24, 2.45) is 0 Å². The van der Waals surface area contributed by atoms with Crippen LogP contribution in [0.15, 0.2) is 30.3 Å². The minimum absolute atomic E-state index is 0.785. The summed E-state index contributed by atoms with van der Waals surface area (Å²) in [6, 6.07) is 10.5. The van der Waals surface area contributed by atoms with E-state index in [9.17, 15) is 0 Å². The molecule has 0 N–H and O–H groups in total. The van der Waals surface area contributed by atoms with E-state index in [0.717, 1.165) is 19.4 Å². The summed E-state index contributed by atoms with van der Waals surface area (Å²) in [6.07, 6.45) is 3.89. The molecular weight excluding hydrogens is 174 g/mol. The van der Waals surface area contributed by atoms with E-state index in [4.69, 9.17) is 4.74 Å². The third kappa shape index (κ3) is 4.65. The Morgan fingerprint density at radius 1 is 1.21 bits per heavy atom. The number of hydrogen-bond acceptors (Lipinski definition) is 1. The summed E-state index contributed by atoms with van der Waals surface area (Å²) in [5, 5.41) is 0. The standard InChI is InChI=1S/C12H18NO/c1-13(2)11-14-10-6-9-12-7-4-3-5-8-12/h3-5,7-8,11H,6,9-10H2,1-2H3/q+1. The number of aryl methyl sites for hydroxylation is 1. The zero-order chi connectivity index (χ0) is 10.2. The van der Waals surface area contributed by atoms with Gasteiger partial charge < -0.3 is 4.74 Å². The molecule has 1 aromatic rings. The first-order valence-corrected chi connectivity index (χ1v) is 4.94. The van der Waals surface area contributed by atoms with Crippen LogP contribution < -0.4 is 0 Å². The van der Waals surface area contributed by atoms with E-state index in [2.05, 4.69) is 24.3 Å². The average Bonchev–Trinajstić information content (AvgIpc) is 2.18. The highest BCUT2D eigenvalue weighted by Crippen LogP contribution is 2.01. The molecule has 1 rings (SSSR count). The Labute approximate surface area is 85.8 Å². The van der Waals surface area contributed by atoms with E-state index in [-0.39, 0.29) is 0 Å². The Morgan fingerprint density at radius 2 is 1.93 bits per heavy atom. The van der Waals surface area contributed by atoms with Crippen LogP contribution in [0.4, 0.5) is 0 Å². The molecule has 0 bridgehead atoms. The molecular formula is C12H18NO+. The Balaban J connectivity index is 2.14. The van der Waals surface area contributed by atoms with E-state index in [0.29, 0.717) is 0 Å². The second-order valence-corrected chi connectivity index (χ2v) is 3.53. The second-order valence-electron chi connectivity index (χ2n) is 3.53. The Kier molecular flexibility index (Phi) is 4.76. The number of benzene rings is 1. The molecule has 1 aromatic carbocycles. The van der Waals surface area contributed by atoms with Gasteiger partial charge in [-0.05, 0) is 18.4 Å². The molecule has 2 heteroatoms. The number of nitrogens with zero attached hydrogens (tertiary/aromatic N) is 1. The number of rotatable bonds is 5. The van der Waals surface area contributed by atoms with Gasteiger partial charge in [0.1, 0.15) is 14.1 Å². The fraction of sp³-hybridized carbons (Fsp3) is 0.417. The number of ether oxygens (including phenoxy) is 1. The van der Waals surface area contributed by atoms with Gasteiger partial charge in [0, 0.05) is 0 Å². The Bertz CT molecular complexity index is 276. The van der Waals surface area contributed by atoms with Crippen LogP contribution in [0.2, 0.25) is 0 Å². The van der Waals surface area contributed by atoms with E-state index >= 15 is 0 Å².